The van der Waals surface area contributed by atoms with E-state index in [0.29, 0.717) is 19.6 Å². The minimum atomic E-state index is -3.20. The van der Waals surface area contributed by atoms with Crippen LogP contribution in [-0.2, 0) is 41.3 Å². The molecule has 0 atom stereocenters. The lowest BCUT2D eigenvalue weighted by atomic mass is 10.1. The van der Waals surface area contributed by atoms with Gasteiger partial charge in [0, 0.05) is 37.7 Å². The van der Waals surface area contributed by atoms with Gasteiger partial charge >= 0.3 is 0 Å². The van der Waals surface area contributed by atoms with Gasteiger partial charge in [0.2, 0.25) is 10.0 Å². The summed E-state index contributed by atoms with van der Waals surface area (Å²) in [6.45, 7) is 5.02. The summed E-state index contributed by atoms with van der Waals surface area (Å²) < 4.78 is 33.2. The molecule has 1 aliphatic heterocycles. The Hall–Kier alpha value is -0.920. The molecule has 0 fully saturated rings. The van der Waals surface area contributed by atoms with Gasteiger partial charge in [-0.25, -0.2) is 13.1 Å². The number of nitrogens with zero attached hydrogens (tertiary/aromatic N) is 2. The number of aromatic nitrogens is 2. The number of hydrogen-bond donors (Lipinski definition) is 1. The topological polar surface area (TPSA) is 73.2 Å². The minimum Gasteiger partial charge on any atom is -0.376 e. The van der Waals surface area contributed by atoms with E-state index < -0.39 is 15.3 Å². The van der Waals surface area contributed by atoms with Gasteiger partial charge in [0.25, 0.3) is 0 Å². The molecule has 0 saturated carbocycles. The summed E-state index contributed by atoms with van der Waals surface area (Å²) in [6, 6.07) is 0. The standard InChI is InChI=1S/C12H21N3O3S/c1-9(2)19(16,17)13-6-4-11-10-8-18-7-5-12(10)15(3)14-11/h9,13H,4-8H2,1-3H3. The maximum Gasteiger partial charge on any atom is 0.213 e. The Morgan fingerprint density at radius 2 is 2.21 bits per heavy atom. The van der Waals surface area contributed by atoms with Crippen LogP contribution in [0.25, 0.3) is 0 Å². The molecule has 1 aromatic heterocycles. The van der Waals surface area contributed by atoms with Crippen molar-refractivity contribution in [3.63, 3.8) is 0 Å². The molecule has 0 spiro atoms. The molecule has 1 aliphatic rings. The summed E-state index contributed by atoms with van der Waals surface area (Å²) in [7, 11) is -1.28. The van der Waals surface area contributed by atoms with E-state index in [4.69, 9.17) is 4.74 Å². The van der Waals surface area contributed by atoms with E-state index >= 15 is 0 Å². The highest BCUT2D eigenvalue weighted by molar-refractivity contribution is 7.90. The number of sulfonamides is 1. The van der Waals surface area contributed by atoms with Crippen molar-refractivity contribution in [3.8, 4) is 0 Å². The molecule has 1 aromatic rings. The fourth-order valence-electron chi connectivity index (χ4n) is 2.17. The van der Waals surface area contributed by atoms with Crippen LogP contribution in [0, 0.1) is 0 Å². The van der Waals surface area contributed by atoms with E-state index in [1.54, 1.807) is 13.8 Å². The van der Waals surface area contributed by atoms with Crippen LogP contribution in [0.5, 0.6) is 0 Å². The molecule has 0 aromatic carbocycles. The van der Waals surface area contributed by atoms with Crippen molar-refractivity contribution < 1.29 is 13.2 Å². The number of ether oxygens (including phenoxy) is 1. The van der Waals surface area contributed by atoms with Crippen LogP contribution in [0.2, 0.25) is 0 Å². The maximum absolute atomic E-state index is 11.7. The van der Waals surface area contributed by atoms with Gasteiger partial charge in [0.1, 0.15) is 0 Å². The van der Waals surface area contributed by atoms with Crippen LogP contribution in [0.15, 0.2) is 0 Å². The Labute approximate surface area is 114 Å². The van der Waals surface area contributed by atoms with Crippen molar-refractivity contribution in [3.05, 3.63) is 17.0 Å². The molecule has 1 N–H and O–H groups in total. The molecular formula is C12H21N3O3S. The monoisotopic (exact) mass is 287 g/mol. The van der Waals surface area contributed by atoms with Gasteiger partial charge in [-0.3, -0.25) is 4.68 Å². The zero-order valence-corrected chi connectivity index (χ0v) is 12.5. The number of fused-ring (bicyclic) bond motifs is 1. The van der Waals surface area contributed by atoms with Crippen molar-refractivity contribution >= 4 is 10.0 Å². The highest BCUT2D eigenvalue weighted by atomic mass is 32.2. The third kappa shape index (κ3) is 3.16. The highest BCUT2D eigenvalue weighted by Gasteiger charge is 2.20. The third-order valence-corrected chi connectivity index (χ3v) is 5.22. The number of nitrogens with one attached hydrogen (secondary N) is 1. The fraction of sp³-hybridized carbons (Fsp3) is 0.750. The zero-order valence-electron chi connectivity index (χ0n) is 11.6. The van der Waals surface area contributed by atoms with Crippen LogP contribution >= 0.6 is 0 Å². The van der Waals surface area contributed by atoms with Crippen molar-refractivity contribution in [2.45, 2.75) is 38.5 Å². The highest BCUT2D eigenvalue weighted by Crippen LogP contribution is 2.20. The minimum absolute atomic E-state index is 0.379. The van der Waals surface area contributed by atoms with E-state index in [1.165, 1.54) is 5.69 Å². The molecule has 0 bridgehead atoms. The quantitative estimate of drug-likeness (QED) is 0.849. The van der Waals surface area contributed by atoms with E-state index in [-0.39, 0.29) is 0 Å². The maximum atomic E-state index is 11.7. The van der Waals surface area contributed by atoms with Crippen LogP contribution in [-0.4, -0.2) is 36.6 Å². The molecule has 108 valence electrons. The Morgan fingerprint density at radius 3 is 2.89 bits per heavy atom. The second-order valence-electron chi connectivity index (χ2n) is 5.04. The van der Waals surface area contributed by atoms with Gasteiger partial charge < -0.3 is 4.74 Å². The lowest BCUT2D eigenvalue weighted by Gasteiger charge is -2.14. The summed E-state index contributed by atoms with van der Waals surface area (Å²) >= 11 is 0. The average molecular weight is 287 g/mol. The SMILES string of the molecule is CC(C)S(=O)(=O)NCCc1nn(C)c2c1COCC2. The van der Waals surface area contributed by atoms with Crippen molar-refractivity contribution in [2.75, 3.05) is 13.2 Å². The lowest BCUT2D eigenvalue weighted by molar-refractivity contribution is 0.108. The number of rotatable bonds is 5. The summed E-state index contributed by atoms with van der Waals surface area (Å²) in [6.07, 6.45) is 1.47. The van der Waals surface area contributed by atoms with E-state index in [0.717, 1.165) is 24.3 Å². The molecule has 0 unspecified atom stereocenters. The Kier molecular flexibility index (Phi) is 4.27. The Balaban J connectivity index is 2.01. The second-order valence-corrected chi connectivity index (χ2v) is 7.36. The summed E-state index contributed by atoms with van der Waals surface area (Å²) in [5.41, 5.74) is 3.26. The largest absolute Gasteiger partial charge is 0.376 e. The van der Waals surface area contributed by atoms with Gasteiger partial charge in [-0.05, 0) is 13.8 Å². The molecule has 6 nitrogen and oxygen atoms in total. The van der Waals surface area contributed by atoms with Gasteiger partial charge in [0.05, 0.1) is 24.2 Å². The van der Waals surface area contributed by atoms with Crippen molar-refractivity contribution in [1.29, 1.82) is 0 Å². The third-order valence-electron chi connectivity index (χ3n) is 3.37. The number of aryl methyl sites for hydroxylation is 1. The van der Waals surface area contributed by atoms with E-state index in [1.807, 2.05) is 11.7 Å². The summed E-state index contributed by atoms with van der Waals surface area (Å²) in [5.74, 6) is 0. The molecule has 7 heteroatoms. The zero-order chi connectivity index (χ0) is 14.0. The average Bonchev–Trinajstić information content (AvgIpc) is 2.67. The Bertz CT molecular complexity index is 549. The van der Waals surface area contributed by atoms with Gasteiger partial charge in [-0.1, -0.05) is 0 Å². The van der Waals surface area contributed by atoms with Gasteiger partial charge in [-0.2, -0.15) is 5.10 Å². The summed E-state index contributed by atoms with van der Waals surface area (Å²) in [4.78, 5) is 0. The van der Waals surface area contributed by atoms with Crippen LogP contribution in [0.3, 0.4) is 0 Å². The van der Waals surface area contributed by atoms with Crippen molar-refractivity contribution in [2.24, 2.45) is 7.05 Å². The molecular weight excluding hydrogens is 266 g/mol. The van der Waals surface area contributed by atoms with Crippen LogP contribution in [0.1, 0.15) is 30.8 Å². The van der Waals surface area contributed by atoms with Crippen molar-refractivity contribution in [1.82, 2.24) is 14.5 Å². The first-order valence-corrected chi connectivity index (χ1v) is 8.06. The number of hydrogen-bond acceptors (Lipinski definition) is 4. The summed E-state index contributed by atoms with van der Waals surface area (Å²) in [5, 5.41) is 4.05. The molecule has 2 heterocycles. The molecule has 0 aliphatic carbocycles. The molecule has 19 heavy (non-hydrogen) atoms. The smallest absolute Gasteiger partial charge is 0.213 e. The Morgan fingerprint density at radius 1 is 1.47 bits per heavy atom. The molecule has 0 radical (unpaired) electrons. The van der Waals surface area contributed by atoms with Crippen LogP contribution in [0.4, 0.5) is 0 Å². The van der Waals surface area contributed by atoms with Crippen LogP contribution < -0.4 is 4.72 Å². The lowest BCUT2D eigenvalue weighted by Crippen LogP contribution is -2.32. The van der Waals surface area contributed by atoms with Gasteiger partial charge in [-0.15, -0.1) is 0 Å². The fourth-order valence-corrected chi connectivity index (χ4v) is 2.89. The first-order valence-electron chi connectivity index (χ1n) is 6.51. The first kappa shape index (κ1) is 14.5. The second kappa shape index (κ2) is 5.60. The molecule has 2 rings (SSSR count). The normalized spacial score (nSPS) is 15.8. The molecule has 0 saturated heterocycles. The van der Waals surface area contributed by atoms with Gasteiger partial charge in [0.15, 0.2) is 0 Å². The predicted molar refractivity (Wildman–Crippen MR) is 72.3 cm³/mol. The van der Waals surface area contributed by atoms with E-state index in [2.05, 4.69) is 9.82 Å². The first-order chi connectivity index (χ1) is 8.92. The predicted octanol–water partition coefficient (Wildman–Crippen LogP) is 0.363. The molecule has 0 amide bonds. The van der Waals surface area contributed by atoms with E-state index in [9.17, 15) is 8.42 Å².